The van der Waals surface area contributed by atoms with Gasteiger partial charge in [0.1, 0.15) is 0 Å². The fourth-order valence-electron chi connectivity index (χ4n) is 10.7. The Hall–Kier alpha value is -9.04. The van der Waals surface area contributed by atoms with Crippen LogP contribution in [0.1, 0.15) is 22.3 Å². The second kappa shape index (κ2) is 19.3. The van der Waals surface area contributed by atoms with Crippen molar-refractivity contribution in [1.82, 2.24) is 4.57 Å². The highest BCUT2D eigenvalue weighted by atomic mass is 15.0. The van der Waals surface area contributed by atoms with Crippen LogP contribution in [0.25, 0.3) is 115 Å². The summed E-state index contributed by atoms with van der Waals surface area (Å²) in [5, 5.41) is 15.4. The summed E-state index contributed by atoms with van der Waals surface area (Å²) < 4.78 is 2.44. The highest BCUT2D eigenvalue weighted by molar-refractivity contribution is 6.25. The lowest BCUT2D eigenvalue weighted by atomic mass is 9.94. The predicted molar refractivity (Wildman–Crippen MR) is 316 cm³/mol. The molecule has 13 aromatic carbocycles. The largest absolute Gasteiger partial charge is 0.309 e. The van der Waals surface area contributed by atoms with Crippen LogP contribution in [-0.4, -0.2) is 4.57 Å². The van der Waals surface area contributed by atoms with E-state index in [1.165, 1.54) is 137 Å². The summed E-state index contributed by atoms with van der Waals surface area (Å²) in [6.07, 6.45) is 0. The van der Waals surface area contributed by atoms with Crippen molar-refractivity contribution in [2.75, 3.05) is 0 Å². The van der Waals surface area contributed by atoms with Gasteiger partial charge < -0.3 is 4.57 Å². The molecule has 1 heteroatoms. The summed E-state index contributed by atoms with van der Waals surface area (Å²) in [6.45, 7) is 8.53. The molecule has 0 aliphatic heterocycles. The molecule has 0 unspecified atom stereocenters. The molecule has 0 spiro atoms. The molecule has 0 saturated carbocycles. The van der Waals surface area contributed by atoms with Crippen LogP contribution >= 0.6 is 0 Å². The summed E-state index contributed by atoms with van der Waals surface area (Å²) in [5.74, 6) is 0. The maximum atomic E-state index is 2.44. The molecule has 0 atom stereocenters. The van der Waals surface area contributed by atoms with E-state index in [1.807, 2.05) is 36.4 Å². The van der Waals surface area contributed by atoms with Crippen LogP contribution in [0.4, 0.5) is 0 Å². The Bertz CT molecular complexity index is 4260. The molecule has 73 heavy (non-hydrogen) atoms. The molecule has 0 radical (unpaired) electrons. The smallest absolute Gasteiger partial charge is 0.0541 e. The Labute approximate surface area is 427 Å². The molecule has 1 heterocycles. The van der Waals surface area contributed by atoms with Crippen molar-refractivity contribution in [3.63, 3.8) is 0 Å². The van der Waals surface area contributed by atoms with Crippen molar-refractivity contribution in [2.24, 2.45) is 0 Å². The molecule has 0 amide bonds. The zero-order valence-corrected chi connectivity index (χ0v) is 41.8. The van der Waals surface area contributed by atoms with E-state index in [4.69, 9.17) is 0 Å². The number of aryl methyl sites for hydroxylation is 4. The van der Waals surface area contributed by atoms with Gasteiger partial charge >= 0.3 is 0 Å². The normalized spacial score (nSPS) is 11.3. The molecule has 0 N–H and O–H groups in total. The van der Waals surface area contributed by atoms with Gasteiger partial charge in [-0.1, -0.05) is 230 Å². The van der Waals surface area contributed by atoms with Crippen molar-refractivity contribution in [3.05, 3.63) is 283 Å². The third-order valence-electron chi connectivity index (χ3n) is 14.8. The van der Waals surface area contributed by atoms with E-state index in [0.717, 1.165) is 0 Å². The van der Waals surface area contributed by atoms with Gasteiger partial charge in [0, 0.05) is 16.5 Å². The number of fused-ring (bicyclic) bond motifs is 12. The van der Waals surface area contributed by atoms with Gasteiger partial charge in [-0.05, 0) is 169 Å². The van der Waals surface area contributed by atoms with Crippen molar-refractivity contribution >= 4 is 75.7 Å². The maximum Gasteiger partial charge on any atom is 0.0541 e. The first-order valence-electron chi connectivity index (χ1n) is 25.4. The summed E-state index contributed by atoms with van der Waals surface area (Å²) in [7, 11) is 0. The van der Waals surface area contributed by atoms with Crippen LogP contribution in [0.3, 0.4) is 0 Å². The fourth-order valence-corrected chi connectivity index (χ4v) is 10.7. The number of rotatable bonds is 4. The second-order valence-electron chi connectivity index (χ2n) is 19.5. The molecule has 0 aliphatic rings. The monoisotopic (exact) mass is 933 g/mol. The number of aromatic nitrogens is 1. The van der Waals surface area contributed by atoms with Crippen LogP contribution in [-0.2, 0) is 0 Å². The van der Waals surface area contributed by atoms with E-state index < -0.39 is 0 Å². The second-order valence-corrected chi connectivity index (χ2v) is 19.5. The average Bonchev–Trinajstić information content (AvgIpc) is 3.78. The predicted octanol–water partition coefficient (Wildman–Crippen LogP) is 20.2. The molecular weight excluding hydrogens is 879 g/mol. The molecule has 0 fully saturated rings. The van der Waals surface area contributed by atoms with E-state index in [0.29, 0.717) is 0 Å². The Morgan fingerprint density at radius 1 is 0.219 bits per heavy atom. The number of hydrogen-bond donors (Lipinski definition) is 0. The quantitative estimate of drug-likeness (QED) is 0.155. The van der Waals surface area contributed by atoms with Crippen LogP contribution in [0, 0.1) is 27.7 Å². The minimum Gasteiger partial charge on any atom is -0.309 e. The molecule has 0 bridgehead atoms. The van der Waals surface area contributed by atoms with Gasteiger partial charge in [-0.25, -0.2) is 0 Å². The van der Waals surface area contributed by atoms with Crippen molar-refractivity contribution < 1.29 is 0 Å². The molecule has 1 aromatic heterocycles. The average molecular weight is 934 g/mol. The molecule has 14 aromatic rings. The lowest BCUT2D eigenvalue weighted by Crippen LogP contribution is -1.94. The van der Waals surface area contributed by atoms with Crippen LogP contribution in [0.5, 0.6) is 0 Å². The minimum absolute atomic E-state index is 1.17. The fraction of sp³-hybridized carbons (Fsp3) is 0.0556. The first-order chi connectivity index (χ1) is 35.8. The highest BCUT2D eigenvalue weighted by Crippen LogP contribution is 2.40. The van der Waals surface area contributed by atoms with E-state index in [1.54, 1.807) is 0 Å². The molecule has 348 valence electrons. The lowest BCUT2D eigenvalue weighted by molar-refractivity contribution is 1.19. The van der Waals surface area contributed by atoms with Gasteiger partial charge in [0.15, 0.2) is 0 Å². The molecule has 0 saturated heterocycles. The van der Waals surface area contributed by atoms with Crippen LogP contribution in [0.2, 0.25) is 0 Å². The van der Waals surface area contributed by atoms with Crippen LogP contribution in [0.15, 0.2) is 261 Å². The summed E-state index contributed by atoms with van der Waals surface area (Å²) >= 11 is 0. The lowest BCUT2D eigenvalue weighted by Gasteiger charge is -2.14. The van der Waals surface area contributed by atoms with E-state index in [-0.39, 0.29) is 0 Å². The molecule has 14 rings (SSSR count). The van der Waals surface area contributed by atoms with Gasteiger partial charge in [-0.3, -0.25) is 0 Å². The van der Waals surface area contributed by atoms with E-state index in [9.17, 15) is 0 Å². The van der Waals surface area contributed by atoms with Crippen molar-refractivity contribution in [1.29, 1.82) is 0 Å². The summed E-state index contributed by atoms with van der Waals surface area (Å²) in [6, 6.07) is 95.1. The van der Waals surface area contributed by atoms with Crippen molar-refractivity contribution in [3.8, 4) is 39.1 Å². The summed E-state index contributed by atoms with van der Waals surface area (Å²) in [4.78, 5) is 0. The van der Waals surface area contributed by atoms with Gasteiger partial charge in [0.25, 0.3) is 0 Å². The number of nitrogens with zero attached hydrogens (tertiary/aromatic N) is 1. The standard InChI is InChI=1S/C58H39N.2C7H8/c1-36-15-16-40(31-37(36)2)42-24-28-48-45(33-42)22-21-44-32-41(23-27-47(44)48)38-17-19-39(20-18-38)43-25-30-58-56(34-43)54-13-7-8-14-57(54)59(58)46-26-29-53-51-11-4-3-9-49(51)50-10-5-6-12-52(50)55(53)35-46;2*1-7-5-3-2-4-6-7/h3-35H,1-2H3;2*2-6H,1H3. The highest BCUT2D eigenvalue weighted by Gasteiger charge is 2.16. The zero-order valence-electron chi connectivity index (χ0n) is 41.8. The van der Waals surface area contributed by atoms with Crippen molar-refractivity contribution in [2.45, 2.75) is 27.7 Å². The SMILES string of the molecule is Cc1ccc(-c2ccc3c(ccc4cc(-c5ccc(-c6ccc7c(c6)c6ccccc6n7-c6ccc7c8ccccc8c8ccccc8c7c6)cc5)ccc43)c2)cc1C.Cc1ccccc1.Cc1ccccc1. The molecule has 1 nitrogen and oxygen atoms in total. The number of hydrogen-bond acceptors (Lipinski definition) is 0. The third kappa shape index (κ3) is 8.70. The van der Waals surface area contributed by atoms with Gasteiger partial charge in [-0.15, -0.1) is 0 Å². The Kier molecular flexibility index (Phi) is 11.9. The maximum absolute atomic E-state index is 2.44. The summed E-state index contributed by atoms with van der Waals surface area (Å²) in [5.41, 5.74) is 16.3. The van der Waals surface area contributed by atoms with Gasteiger partial charge in [0.2, 0.25) is 0 Å². The molecular formula is C72H55N. The first kappa shape index (κ1) is 45.1. The topological polar surface area (TPSA) is 4.93 Å². The Balaban J connectivity index is 0.000000337. The Morgan fingerprint density at radius 3 is 1.15 bits per heavy atom. The molecule has 0 aliphatic carbocycles. The van der Waals surface area contributed by atoms with E-state index in [2.05, 4.69) is 257 Å². The number of benzene rings is 13. The van der Waals surface area contributed by atoms with Crippen LogP contribution < -0.4 is 0 Å². The third-order valence-corrected chi connectivity index (χ3v) is 14.8. The number of para-hydroxylation sites is 1. The Morgan fingerprint density at radius 2 is 0.616 bits per heavy atom. The van der Waals surface area contributed by atoms with Gasteiger partial charge in [0.05, 0.1) is 11.0 Å². The zero-order chi connectivity index (χ0) is 49.4. The first-order valence-corrected chi connectivity index (χ1v) is 25.4. The minimum atomic E-state index is 1.17. The van der Waals surface area contributed by atoms with Gasteiger partial charge in [-0.2, -0.15) is 0 Å². The van der Waals surface area contributed by atoms with E-state index >= 15 is 0 Å².